The summed E-state index contributed by atoms with van der Waals surface area (Å²) in [4.78, 5) is 9.24. The van der Waals surface area contributed by atoms with Gasteiger partial charge in [-0.1, -0.05) is 34.8 Å². The fraction of sp³-hybridized carbons (Fsp3) is 0.750. The van der Waals surface area contributed by atoms with Gasteiger partial charge in [0.1, 0.15) is 0 Å². The van der Waals surface area contributed by atoms with Crippen molar-refractivity contribution in [3.63, 3.8) is 0 Å². The molecule has 0 aliphatic rings. The molecule has 9 heavy (non-hydrogen) atoms. The first kappa shape index (κ1) is 9.34. The van der Waals surface area contributed by atoms with Gasteiger partial charge >= 0.3 is 5.97 Å². The summed E-state index contributed by atoms with van der Waals surface area (Å²) < 4.78 is 4.37. The molecule has 0 spiro atoms. The fourth-order valence-corrected chi connectivity index (χ4v) is 0.402. The van der Waals surface area contributed by atoms with Crippen molar-refractivity contribution in [2.24, 2.45) is 0 Å². The molecular formula is C4H5Cl3O2. The van der Waals surface area contributed by atoms with Gasteiger partial charge in [-0.3, -0.25) is 0 Å². The summed E-state index contributed by atoms with van der Waals surface area (Å²) in [7, 11) is 0. The summed E-state index contributed by atoms with van der Waals surface area (Å²) in [5.74, 6) is -0.721. The van der Waals surface area contributed by atoms with Gasteiger partial charge in [-0.25, -0.2) is 4.79 Å². The molecule has 0 aliphatic carbocycles. The van der Waals surface area contributed by atoms with E-state index in [1.807, 2.05) is 0 Å². The highest BCUT2D eigenvalue weighted by Crippen LogP contribution is 2.07. The fourth-order valence-electron chi connectivity index (χ4n) is 0.211. The van der Waals surface area contributed by atoms with E-state index in [9.17, 15) is 4.79 Å². The van der Waals surface area contributed by atoms with Crippen molar-refractivity contribution in [2.45, 2.75) is 17.3 Å². The van der Waals surface area contributed by atoms with Crippen molar-refractivity contribution >= 4 is 40.8 Å². The minimum absolute atomic E-state index is 0.683. The molecule has 0 aliphatic heterocycles. The molecule has 0 fully saturated rings. The van der Waals surface area contributed by atoms with Crippen LogP contribution in [0.3, 0.4) is 0 Å². The minimum atomic E-state index is -1.15. The molecule has 0 radical (unpaired) electrons. The topological polar surface area (TPSA) is 26.3 Å². The Labute approximate surface area is 68.0 Å². The predicted molar refractivity (Wildman–Crippen MR) is 36.9 cm³/mol. The average Bonchev–Trinajstić information content (AvgIpc) is 1.63. The highest BCUT2D eigenvalue weighted by molar-refractivity contribution is 6.53. The smallest absolute Gasteiger partial charge is 0.340 e. The third kappa shape index (κ3) is 4.82. The second-order valence-electron chi connectivity index (χ2n) is 1.28. The highest BCUT2D eigenvalue weighted by Gasteiger charge is 2.14. The van der Waals surface area contributed by atoms with Gasteiger partial charge in [-0.2, -0.15) is 0 Å². The number of esters is 1. The molecule has 1 unspecified atom stereocenters. The maximum atomic E-state index is 10.4. The number of ether oxygens (including phenoxy) is 1. The molecule has 0 bridgehead atoms. The van der Waals surface area contributed by atoms with E-state index < -0.39 is 16.4 Å². The first-order valence-electron chi connectivity index (χ1n) is 2.16. The van der Waals surface area contributed by atoms with Crippen molar-refractivity contribution in [3.05, 3.63) is 0 Å². The summed E-state index contributed by atoms with van der Waals surface area (Å²) >= 11 is 15.5. The summed E-state index contributed by atoms with van der Waals surface area (Å²) in [6.45, 7) is 1.50. The second kappa shape index (κ2) is 4.20. The standard InChI is InChI=1S/C4H5Cl3O2/c1-2(5)9-4(8)3(6)7/h2-3H,1H3. The van der Waals surface area contributed by atoms with E-state index in [4.69, 9.17) is 34.8 Å². The Bertz CT molecular complexity index is 102. The lowest BCUT2D eigenvalue weighted by Crippen LogP contribution is -2.15. The quantitative estimate of drug-likeness (QED) is 0.492. The summed E-state index contributed by atoms with van der Waals surface area (Å²) in [5.41, 5.74) is -0.683. The molecule has 5 heteroatoms. The van der Waals surface area contributed by atoms with Crippen LogP contribution in [0.15, 0.2) is 0 Å². The van der Waals surface area contributed by atoms with Crippen LogP contribution in [0, 0.1) is 0 Å². The monoisotopic (exact) mass is 190 g/mol. The molecular weight excluding hydrogens is 186 g/mol. The van der Waals surface area contributed by atoms with Gasteiger partial charge < -0.3 is 4.74 Å². The van der Waals surface area contributed by atoms with Crippen LogP contribution in [-0.4, -0.2) is 16.4 Å². The van der Waals surface area contributed by atoms with Crippen molar-refractivity contribution in [1.29, 1.82) is 0 Å². The summed E-state index contributed by atoms with van der Waals surface area (Å²) in [6, 6.07) is 0. The van der Waals surface area contributed by atoms with Gasteiger partial charge in [-0.15, -0.1) is 0 Å². The lowest BCUT2D eigenvalue weighted by Gasteiger charge is -2.04. The summed E-state index contributed by atoms with van der Waals surface area (Å²) in [6.07, 6.45) is 0. The zero-order valence-electron chi connectivity index (χ0n) is 4.61. The molecule has 0 N–H and O–H groups in total. The van der Waals surface area contributed by atoms with Crippen LogP contribution in [0.25, 0.3) is 0 Å². The molecule has 0 saturated heterocycles. The average molecular weight is 191 g/mol. The molecule has 0 heterocycles. The van der Waals surface area contributed by atoms with E-state index in [1.54, 1.807) is 0 Å². The summed E-state index contributed by atoms with van der Waals surface area (Å²) in [5, 5.41) is 0. The predicted octanol–water partition coefficient (Wildman–Crippen LogP) is 1.92. The van der Waals surface area contributed by atoms with Crippen LogP contribution < -0.4 is 0 Å². The number of hydrogen-bond donors (Lipinski definition) is 0. The van der Waals surface area contributed by atoms with Crippen molar-refractivity contribution < 1.29 is 9.53 Å². The van der Waals surface area contributed by atoms with Crippen LogP contribution in [0.4, 0.5) is 0 Å². The molecule has 0 aromatic rings. The molecule has 0 saturated carbocycles. The molecule has 54 valence electrons. The van der Waals surface area contributed by atoms with Gasteiger partial charge in [0.2, 0.25) is 4.84 Å². The Balaban J connectivity index is 3.51. The third-order valence-corrected chi connectivity index (χ3v) is 0.902. The van der Waals surface area contributed by atoms with Crippen LogP contribution >= 0.6 is 34.8 Å². The maximum Gasteiger partial charge on any atom is 0.340 e. The van der Waals surface area contributed by atoms with Gasteiger partial charge in [-0.05, 0) is 6.92 Å². The SMILES string of the molecule is CC(Cl)OC(=O)C(Cl)Cl. The Hall–Kier alpha value is 0.340. The zero-order valence-corrected chi connectivity index (χ0v) is 6.87. The van der Waals surface area contributed by atoms with E-state index in [1.165, 1.54) is 6.92 Å². The number of carbonyl (C=O) groups is 1. The molecule has 2 nitrogen and oxygen atoms in total. The zero-order chi connectivity index (χ0) is 7.44. The number of alkyl halides is 3. The lowest BCUT2D eigenvalue weighted by atomic mass is 10.7. The van der Waals surface area contributed by atoms with Crippen LogP contribution in [0.2, 0.25) is 0 Å². The van der Waals surface area contributed by atoms with Gasteiger partial charge in [0.25, 0.3) is 0 Å². The third-order valence-electron chi connectivity index (χ3n) is 0.457. The highest BCUT2D eigenvalue weighted by atomic mass is 35.5. The molecule has 0 aromatic heterocycles. The number of carbonyl (C=O) groups excluding carboxylic acids is 1. The van der Waals surface area contributed by atoms with Crippen molar-refractivity contribution in [2.75, 3.05) is 0 Å². The Kier molecular flexibility index (Phi) is 4.36. The first-order valence-corrected chi connectivity index (χ1v) is 3.47. The molecule has 0 aromatic carbocycles. The molecule has 0 amide bonds. The Morgan fingerprint density at radius 3 is 2.00 bits per heavy atom. The maximum absolute atomic E-state index is 10.4. The minimum Gasteiger partial charge on any atom is -0.444 e. The van der Waals surface area contributed by atoms with E-state index in [0.29, 0.717) is 0 Å². The Morgan fingerprint density at radius 1 is 1.44 bits per heavy atom. The normalized spacial score (nSPS) is 13.4. The number of hydrogen-bond acceptors (Lipinski definition) is 2. The van der Waals surface area contributed by atoms with Crippen molar-refractivity contribution in [3.8, 4) is 0 Å². The molecule has 1 atom stereocenters. The van der Waals surface area contributed by atoms with E-state index in [-0.39, 0.29) is 0 Å². The van der Waals surface area contributed by atoms with E-state index in [0.717, 1.165) is 0 Å². The number of rotatable bonds is 2. The van der Waals surface area contributed by atoms with Gasteiger partial charge in [0, 0.05) is 0 Å². The van der Waals surface area contributed by atoms with Crippen LogP contribution in [0.5, 0.6) is 0 Å². The largest absolute Gasteiger partial charge is 0.444 e. The van der Waals surface area contributed by atoms with Crippen LogP contribution in [-0.2, 0) is 9.53 Å². The Morgan fingerprint density at radius 2 is 1.89 bits per heavy atom. The van der Waals surface area contributed by atoms with Gasteiger partial charge in [0.05, 0.1) is 0 Å². The van der Waals surface area contributed by atoms with Crippen molar-refractivity contribution in [1.82, 2.24) is 0 Å². The first-order chi connectivity index (χ1) is 4.04. The van der Waals surface area contributed by atoms with Crippen LogP contribution in [0.1, 0.15) is 6.92 Å². The molecule has 0 rings (SSSR count). The lowest BCUT2D eigenvalue weighted by molar-refractivity contribution is -0.142. The number of halogens is 3. The second-order valence-corrected chi connectivity index (χ2v) is 2.99. The van der Waals surface area contributed by atoms with E-state index in [2.05, 4.69) is 4.74 Å². The van der Waals surface area contributed by atoms with E-state index >= 15 is 0 Å². The van der Waals surface area contributed by atoms with Gasteiger partial charge in [0.15, 0.2) is 5.56 Å².